The zero-order valence-electron chi connectivity index (χ0n) is 11.7. The molecule has 0 radical (unpaired) electrons. The summed E-state index contributed by atoms with van der Waals surface area (Å²) in [5, 5.41) is 8.50. The third-order valence-electron chi connectivity index (χ3n) is 3.42. The Labute approximate surface area is 124 Å². The summed E-state index contributed by atoms with van der Waals surface area (Å²) >= 11 is 0. The molecule has 0 heterocycles. The van der Waals surface area contributed by atoms with Crippen molar-refractivity contribution >= 4 is 11.3 Å². The predicted molar refractivity (Wildman–Crippen MR) is 86.1 cm³/mol. The molecule has 0 amide bonds. The molecule has 0 saturated heterocycles. The van der Waals surface area contributed by atoms with E-state index in [9.17, 15) is 0 Å². The lowest BCUT2D eigenvalue weighted by atomic mass is 9.94. The molecule has 3 rings (SSSR count). The van der Waals surface area contributed by atoms with E-state index in [2.05, 4.69) is 28.4 Å². The number of nitrogens with two attached hydrogens (primary N) is 1. The summed E-state index contributed by atoms with van der Waals surface area (Å²) in [6.45, 7) is 0. The molecular formula is C18H17N3. The van der Waals surface area contributed by atoms with Crippen molar-refractivity contribution in [2.75, 3.05) is 0 Å². The maximum atomic E-state index is 6.26. The van der Waals surface area contributed by atoms with Gasteiger partial charge in [0, 0.05) is 6.42 Å². The van der Waals surface area contributed by atoms with Gasteiger partial charge in [-0.3, -0.25) is 0 Å². The summed E-state index contributed by atoms with van der Waals surface area (Å²) in [4.78, 5) is 0. The van der Waals surface area contributed by atoms with E-state index >= 15 is 0 Å². The Morgan fingerprint density at radius 3 is 2.19 bits per heavy atom. The highest BCUT2D eigenvalue weighted by Crippen LogP contribution is 2.27. The number of azo groups is 1. The normalized spacial score (nSPS) is 21.5. The molecule has 2 aromatic carbocycles. The first-order valence-corrected chi connectivity index (χ1v) is 6.97. The van der Waals surface area contributed by atoms with Gasteiger partial charge in [-0.25, -0.2) is 0 Å². The summed E-state index contributed by atoms with van der Waals surface area (Å²) in [6.07, 6.45) is 6.69. The van der Waals surface area contributed by atoms with E-state index < -0.39 is 5.66 Å². The molecule has 3 nitrogen and oxygen atoms in total. The van der Waals surface area contributed by atoms with Gasteiger partial charge in [0.2, 0.25) is 0 Å². The van der Waals surface area contributed by atoms with Crippen molar-refractivity contribution in [3.63, 3.8) is 0 Å². The topological polar surface area (TPSA) is 50.7 Å². The standard InChI is InChI=1S/C18H17N3/c19-18(21-20-17-9-5-2-6-10-17)13-11-16(12-14-18)15-7-3-1-4-8-15/h1-13H,14,19H2. The molecule has 0 aliphatic heterocycles. The molecule has 2 aromatic rings. The lowest BCUT2D eigenvalue weighted by molar-refractivity contribution is 0.534. The van der Waals surface area contributed by atoms with Crippen LogP contribution in [0.2, 0.25) is 0 Å². The zero-order valence-corrected chi connectivity index (χ0v) is 11.7. The molecular weight excluding hydrogens is 258 g/mol. The number of benzene rings is 2. The molecule has 1 unspecified atom stereocenters. The Morgan fingerprint density at radius 1 is 0.905 bits per heavy atom. The fraction of sp³-hybridized carbons (Fsp3) is 0.111. The summed E-state index contributed by atoms with van der Waals surface area (Å²) in [5.41, 5.74) is 8.68. The van der Waals surface area contributed by atoms with Crippen LogP contribution in [0, 0.1) is 0 Å². The van der Waals surface area contributed by atoms with E-state index in [1.54, 1.807) is 0 Å². The van der Waals surface area contributed by atoms with Crippen LogP contribution in [-0.4, -0.2) is 5.66 Å². The van der Waals surface area contributed by atoms with E-state index in [4.69, 9.17) is 5.73 Å². The molecule has 0 bridgehead atoms. The Kier molecular flexibility index (Phi) is 3.75. The average Bonchev–Trinajstić information content (AvgIpc) is 2.56. The van der Waals surface area contributed by atoms with E-state index in [1.807, 2.05) is 60.7 Å². The molecule has 0 aromatic heterocycles. The van der Waals surface area contributed by atoms with Crippen LogP contribution < -0.4 is 5.73 Å². The Balaban J connectivity index is 1.74. The van der Waals surface area contributed by atoms with Crippen LogP contribution in [0.5, 0.6) is 0 Å². The van der Waals surface area contributed by atoms with Crippen molar-refractivity contribution in [2.45, 2.75) is 12.1 Å². The first kappa shape index (κ1) is 13.5. The molecule has 1 aliphatic carbocycles. The van der Waals surface area contributed by atoms with Crippen molar-refractivity contribution in [2.24, 2.45) is 16.0 Å². The van der Waals surface area contributed by atoms with Crippen LogP contribution in [-0.2, 0) is 0 Å². The third kappa shape index (κ3) is 3.33. The van der Waals surface area contributed by atoms with Crippen molar-refractivity contribution in [1.29, 1.82) is 0 Å². The van der Waals surface area contributed by atoms with Gasteiger partial charge in [-0.15, -0.1) is 0 Å². The molecule has 3 heteroatoms. The predicted octanol–water partition coefficient (Wildman–Crippen LogP) is 4.47. The van der Waals surface area contributed by atoms with Gasteiger partial charge in [0.15, 0.2) is 5.66 Å². The molecule has 0 saturated carbocycles. The molecule has 0 fully saturated rings. The highest BCUT2D eigenvalue weighted by molar-refractivity contribution is 5.75. The van der Waals surface area contributed by atoms with Crippen molar-refractivity contribution in [1.82, 2.24) is 0 Å². The summed E-state index contributed by atoms with van der Waals surface area (Å²) in [6, 6.07) is 19.9. The van der Waals surface area contributed by atoms with E-state index in [-0.39, 0.29) is 0 Å². The van der Waals surface area contributed by atoms with Crippen LogP contribution in [0.15, 0.2) is 89.1 Å². The van der Waals surface area contributed by atoms with Crippen molar-refractivity contribution < 1.29 is 0 Å². The van der Waals surface area contributed by atoms with Gasteiger partial charge >= 0.3 is 0 Å². The molecule has 0 spiro atoms. The number of rotatable bonds is 3. The van der Waals surface area contributed by atoms with Gasteiger partial charge in [-0.2, -0.15) is 10.2 Å². The van der Waals surface area contributed by atoms with Crippen LogP contribution in [0.25, 0.3) is 5.57 Å². The molecule has 1 aliphatic rings. The van der Waals surface area contributed by atoms with E-state index in [0.29, 0.717) is 6.42 Å². The zero-order chi connectivity index (χ0) is 14.5. The maximum Gasteiger partial charge on any atom is 0.152 e. The highest BCUT2D eigenvalue weighted by Gasteiger charge is 2.22. The number of nitrogens with zero attached hydrogens (tertiary/aromatic N) is 2. The first-order valence-electron chi connectivity index (χ1n) is 6.97. The monoisotopic (exact) mass is 275 g/mol. The van der Waals surface area contributed by atoms with Crippen LogP contribution >= 0.6 is 0 Å². The Bertz CT molecular complexity index is 687. The van der Waals surface area contributed by atoms with Gasteiger partial charge in [-0.05, 0) is 29.3 Å². The molecule has 21 heavy (non-hydrogen) atoms. The van der Waals surface area contributed by atoms with Gasteiger partial charge in [0.05, 0.1) is 5.69 Å². The maximum absolute atomic E-state index is 6.26. The molecule has 2 N–H and O–H groups in total. The van der Waals surface area contributed by atoms with E-state index in [1.165, 1.54) is 11.1 Å². The second-order valence-corrected chi connectivity index (χ2v) is 5.09. The van der Waals surface area contributed by atoms with Gasteiger partial charge in [0.1, 0.15) is 0 Å². The second kappa shape index (κ2) is 5.85. The SMILES string of the molecule is NC1(N=Nc2ccccc2)C=CC(c2ccccc2)=CC1. The van der Waals surface area contributed by atoms with Crippen molar-refractivity contribution in [3.8, 4) is 0 Å². The lowest BCUT2D eigenvalue weighted by Crippen LogP contribution is -2.35. The fourth-order valence-electron chi connectivity index (χ4n) is 2.21. The lowest BCUT2D eigenvalue weighted by Gasteiger charge is -2.22. The average molecular weight is 275 g/mol. The minimum Gasteiger partial charge on any atom is -0.302 e. The van der Waals surface area contributed by atoms with Gasteiger partial charge < -0.3 is 5.73 Å². The quantitative estimate of drug-likeness (QED) is 0.825. The molecule has 1 atom stereocenters. The largest absolute Gasteiger partial charge is 0.302 e. The summed E-state index contributed by atoms with van der Waals surface area (Å²) in [7, 11) is 0. The minimum absolute atomic E-state index is 0.643. The fourth-order valence-corrected chi connectivity index (χ4v) is 2.21. The second-order valence-electron chi connectivity index (χ2n) is 5.09. The summed E-state index contributed by atoms with van der Waals surface area (Å²) in [5.74, 6) is 0. The number of allylic oxidation sites excluding steroid dienone is 2. The highest BCUT2D eigenvalue weighted by atomic mass is 15.2. The van der Waals surface area contributed by atoms with E-state index in [0.717, 1.165) is 5.69 Å². The number of hydrogen-bond donors (Lipinski definition) is 1. The Morgan fingerprint density at radius 2 is 1.57 bits per heavy atom. The van der Waals surface area contributed by atoms with Crippen LogP contribution in [0.3, 0.4) is 0 Å². The van der Waals surface area contributed by atoms with Crippen molar-refractivity contribution in [3.05, 3.63) is 84.5 Å². The third-order valence-corrected chi connectivity index (χ3v) is 3.42. The van der Waals surface area contributed by atoms with Crippen LogP contribution in [0.4, 0.5) is 5.69 Å². The van der Waals surface area contributed by atoms with Gasteiger partial charge in [-0.1, -0.05) is 60.7 Å². The Hall–Kier alpha value is -2.52. The molecule has 104 valence electrons. The first-order chi connectivity index (χ1) is 10.3. The summed E-state index contributed by atoms with van der Waals surface area (Å²) < 4.78 is 0. The number of hydrogen-bond acceptors (Lipinski definition) is 3. The van der Waals surface area contributed by atoms with Crippen LogP contribution in [0.1, 0.15) is 12.0 Å². The minimum atomic E-state index is -0.756. The smallest absolute Gasteiger partial charge is 0.152 e. The van der Waals surface area contributed by atoms with Gasteiger partial charge in [0.25, 0.3) is 0 Å².